The first-order valence-corrected chi connectivity index (χ1v) is 4.40. The fraction of sp³-hybridized carbons (Fsp3) is 0.750. The Morgan fingerprint density at radius 2 is 0.556 bits per heavy atom. The molecule has 0 heterocycles. The third kappa shape index (κ3) is 381. The molecule has 0 aromatic heterocycles. The van der Waals surface area contributed by atoms with Crippen molar-refractivity contribution in [1.82, 2.24) is 0 Å². The van der Waals surface area contributed by atoms with Crippen molar-refractivity contribution in [2.75, 3.05) is 39.3 Å². The summed E-state index contributed by atoms with van der Waals surface area (Å²) in [5, 5.41) is 12.5. The first kappa shape index (κ1) is 43.0. The molecule has 0 saturated heterocycles. The maximum Gasteiger partial charge on any atom is 2.00 e. The molecule has 0 aromatic rings. The Bertz CT molecular complexity index is 82.1. The Morgan fingerprint density at radius 1 is 0.500 bits per heavy atom. The topological polar surface area (TPSA) is 204 Å². The molecular weight excluding hydrogens is 471 g/mol. The molecule has 0 rings (SSSR count). The fourth-order valence-corrected chi connectivity index (χ4v) is 0. The smallest absolute Gasteiger partial charge is 0.512 e. The van der Waals surface area contributed by atoms with Crippen LogP contribution in [0.3, 0.4) is 0 Å². The van der Waals surface area contributed by atoms with Crippen LogP contribution in [-0.4, -0.2) is 39.3 Å². The number of hydrogen-bond donors (Lipinski definition) is 6. The van der Waals surface area contributed by atoms with Crippen LogP contribution < -0.4 is 34.4 Å². The Balaban J connectivity index is -0.0000000169. The average molecular weight is 495 g/mol. The van der Waals surface area contributed by atoms with Crippen molar-refractivity contribution in [1.29, 1.82) is 10.5 Å². The number of nitrogens with two attached hydrogens (primary N) is 6. The minimum absolute atomic E-state index is 0. The average Bonchev–Trinajstić information content (AvgIpc) is 2.43. The molecule has 0 spiro atoms. The second-order valence-corrected chi connectivity index (χ2v) is 1.73. The van der Waals surface area contributed by atoms with Gasteiger partial charge in [0.25, 0.3) is 0 Å². The summed E-state index contributed by atoms with van der Waals surface area (Å²) in [6.45, 7) is 13.1. The van der Waals surface area contributed by atoms with Gasteiger partial charge in [0.2, 0.25) is 0 Å². The van der Waals surface area contributed by atoms with Gasteiger partial charge in [0, 0.05) is 39.3 Å². The van der Waals surface area contributed by atoms with Gasteiger partial charge in [-0.1, -0.05) is 0 Å². The van der Waals surface area contributed by atoms with Gasteiger partial charge in [0.15, 0.2) is 0 Å². The summed E-state index contributed by atoms with van der Waals surface area (Å²) in [6, 6.07) is 0. The maximum absolute atomic E-state index is 6.25. The molecule has 0 aromatic carbocycles. The molecular formula is C8H24AuN8Zn+. The van der Waals surface area contributed by atoms with E-state index in [1.165, 1.54) is 0 Å². The largest absolute Gasteiger partial charge is 2.00 e. The van der Waals surface area contributed by atoms with Crippen molar-refractivity contribution in [2.45, 2.75) is 0 Å². The predicted molar refractivity (Wildman–Crippen MR) is 64.3 cm³/mol. The molecule has 0 amide bonds. The van der Waals surface area contributed by atoms with Crippen LogP contribution in [0.15, 0.2) is 0 Å². The predicted octanol–water partition coefficient (Wildman–Crippen LogP) is -3.10. The molecule has 0 atom stereocenters. The van der Waals surface area contributed by atoms with E-state index in [0.29, 0.717) is 39.3 Å². The molecule has 10 heteroatoms. The van der Waals surface area contributed by atoms with Crippen LogP contribution in [0.4, 0.5) is 0 Å². The Labute approximate surface area is 139 Å². The van der Waals surface area contributed by atoms with E-state index < -0.39 is 0 Å². The van der Waals surface area contributed by atoms with Crippen LogP contribution in [0.25, 0.3) is 0 Å². The number of hydrogen-bond acceptors (Lipinski definition) is 8. The minimum atomic E-state index is 0. The zero-order valence-corrected chi connectivity index (χ0v) is 15.7. The van der Waals surface area contributed by atoms with E-state index in [1.807, 2.05) is 0 Å². The van der Waals surface area contributed by atoms with Crippen LogP contribution in [0, 0.1) is 23.7 Å². The van der Waals surface area contributed by atoms with Crippen molar-refractivity contribution in [3.63, 3.8) is 0 Å². The zero-order valence-electron chi connectivity index (χ0n) is 10.6. The fourth-order valence-electron chi connectivity index (χ4n) is 0. The van der Waals surface area contributed by atoms with Crippen molar-refractivity contribution in [3.8, 4) is 0 Å². The zero-order chi connectivity index (χ0) is 14.2. The summed E-state index contributed by atoms with van der Waals surface area (Å²) < 4.78 is 0. The van der Waals surface area contributed by atoms with Gasteiger partial charge in [-0.25, -0.2) is 0 Å². The quantitative estimate of drug-likeness (QED) is 0.175. The van der Waals surface area contributed by atoms with Gasteiger partial charge in [-0.3, -0.25) is 0 Å². The number of rotatable bonds is 3. The first-order chi connectivity index (χ1) is 7.74. The van der Waals surface area contributed by atoms with Crippen LogP contribution in [-0.2, 0) is 41.9 Å². The van der Waals surface area contributed by atoms with Gasteiger partial charge < -0.3 is 58.1 Å². The second kappa shape index (κ2) is 119. The summed E-state index contributed by atoms with van der Waals surface area (Å²) in [6.07, 6.45) is 0. The van der Waals surface area contributed by atoms with E-state index in [1.54, 1.807) is 0 Å². The Kier molecular flexibility index (Phi) is 284. The second-order valence-electron chi connectivity index (χ2n) is 1.73. The molecule has 0 aliphatic rings. The molecule has 0 saturated carbocycles. The van der Waals surface area contributed by atoms with Crippen molar-refractivity contribution in [2.24, 2.45) is 34.4 Å². The van der Waals surface area contributed by atoms with Crippen LogP contribution in [0.1, 0.15) is 0 Å². The molecule has 12 N–H and O–H groups in total. The molecule has 18 heavy (non-hydrogen) atoms. The van der Waals surface area contributed by atoms with Crippen molar-refractivity contribution in [3.05, 3.63) is 13.1 Å². The molecule has 0 aliphatic carbocycles. The maximum atomic E-state index is 6.25. The minimum Gasteiger partial charge on any atom is -0.512 e. The van der Waals surface area contributed by atoms with Crippen LogP contribution >= 0.6 is 0 Å². The summed E-state index contributed by atoms with van der Waals surface area (Å²) in [7, 11) is 0. The SMILES string of the molecule is NCCN.NCCN.NCCN.[Au+].[C-]#N.[C-]#N.[Zn+2]. The van der Waals surface area contributed by atoms with E-state index in [-0.39, 0.29) is 41.9 Å². The Hall–Kier alpha value is 0.104. The van der Waals surface area contributed by atoms with E-state index in [0.717, 1.165) is 0 Å². The first-order valence-electron chi connectivity index (χ1n) is 4.40. The molecule has 108 valence electrons. The third-order valence-electron chi connectivity index (χ3n) is 0.500. The van der Waals surface area contributed by atoms with Crippen molar-refractivity contribution < 1.29 is 41.9 Å². The number of nitrogens with zero attached hydrogens (tertiary/aromatic N) is 2. The van der Waals surface area contributed by atoms with Gasteiger partial charge in [-0.05, 0) is 0 Å². The normalized spacial score (nSPS) is 5.22. The molecule has 0 unspecified atom stereocenters. The molecule has 0 fully saturated rings. The Morgan fingerprint density at radius 3 is 0.556 bits per heavy atom. The summed E-state index contributed by atoms with van der Waals surface area (Å²) in [5.74, 6) is 0. The molecule has 8 nitrogen and oxygen atoms in total. The van der Waals surface area contributed by atoms with E-state index in [4.69, 9.17) is 58.1 Å². The van der Waals surface area contributed by atoms with Gasteiger partial charge in [-0.2, -0.15) is 0 Å². The van der Waals surface area contributed by atoms with E-state index in [9.17, 15) is 0 Å². The van der Waals surface area contributed by atoms with Gasteiger partial charge in [-0.15, -0.1) is 0 Å². The van der Waals surface area contributed by atoms with Gasteiger partial charge >= 0.3 is 41.9 Å². The van der Waals surface area contributed by atoms with Gasteiger partial charge in [0.05, 0.1) is 0 Å². The van der Waals surface area contributed by atoms with Crippen LogP contribution in [0.2, 0.25) is 0 Å². The molecule has 0 bridgehead atoms. The monoisotopic (exact) mass is 493 g/mol. The van der Waals surface area contributed by atoms with E-state index in [2.05, 4.69) is 0 Å². The van der Waals surface area contributed by atoms with Gasteiger partial charge in [0.1, 0.15) is 0 Å². The summed E-state index contributed by atoms with van der Waals surface area (Å²) >= 11 is 0. The summed E-state index contributed by atoms with van der Waals surface area (Å²) in [5.41, 5.74) is 29.4. The molecule has 0 radical (unpaired) electrons. The van der Waals surface area contributed by atoms with Crippen molar-refractivity contribution >= 4 is 0 Å². The van der Waals surface area contributed by atoms with E-state index >= 15 is 0 Å². The summed E-state index contributed by atoms with van der Waals surface area (Å²) in [4.78, 5) is 0. The molecule has 0 aliphatic heterocycles. The van der Waals surface area contributed by atoms with Crippen LogP contribution in [0.5, 0.6) is 0 Å². The standard InChI is InChI=1S/3C2H8N2.2CN.Au.Zn/c3*3-1-2-4;2*1-2;;/h3*1-4H2;;;;/q;;;2*-1;+1;+2. The third-order valence-corrected chi connectivity index (χ3v) is 0.500.